The van der Waals surface area contributed by atoms with Gasteiger partial charge >= 0.3 is 0 Å². The minimum Gasteiger partial charge on any atom is -0.473 e. The summed E-state index contributed by atoms with van der Waals surface area (Å²) in [4.78, 5) is 8.56. The molecule has 1 N–H and O–H groups in total. The van der Waals surface area contributed by atoms with E-state index >= 15 is 0 Å². The molecule has 1 aliphatic rings. The van der Waals surface area contributed by atoms with Crippen molar-refractivity contribution >= 4 is 0 Å². The summed E-state index contributed by atoms with van der Waals surface area (Å²) in [7, 11) is 0. The van der Waals surface area contributed by atoms with E-state index in [0.29, 0.717) is 5.88 Å². The van der Waals surface area contributed by atoms with Gasteiger partial charge in [-0.2, -0.15) is 0 Å². The Hall–Kier alpha value is -1.20. The lowest BCUT2D eigenvalue weighted by atomic mass is 10.2. The first-order valence-electron chi connectivity index (χ1n) is 6.14. The fourth-order valence-electron chi connectivity index (χ4n) is 1.71. The summed E-state index contributed by atoms with van der Waals surface area (Å²) in [6.07, 6.45) is 5.54. The minimum atomic E-state index is 0.220. The number of rotatable bonds is 5. The summed E-state index contributed by atoms with van der Waals surface area (Å²) < 4.78 is 11.0. The van der Waals surface area contributed by atoms with Crippen LogP contribution in [-0.2, 0) is 11.3 Å². The second-order valence-electron chi connectivity index (χ2n) is 4.06. The largest absolute Gasteiger partial charge is 0.473 e. The Morgan fingerprint density at radius 3 is 2.82 bits per heavy atom. The average molecular weight is 237 g/mol. The predicted octanol–water partition coefficient (Wildman–Crippen LogP) is 1.14. The zero-order valence-corrected chi connectivity index (χ0v) is 10.2. The average Bonchev–Trinajstić information content (AvgIpc) is 2.39. The van der Waals surface area contributed by atoms with Crippen LogP contribution in [0.5, 0.6) is 5.88 Å². The molecular formula is C12H19N3O2. The Bertz CT molecular complexity index is 323. The van der Waals surface area contributed by atoms with Gasteiger partial charge in [0.15, 0.2) is 0 Å². The normalized spacial score (nSPS) is 17.0. The monoisotopic (exact) mass is 237 g/mol. The van der Waals surface area contributed by atoms with Crippen LogP contribution in [0.25, 0.3) is 0 Å². The number of hydrogen-bond donors (Lipinski definition) is 1. The highest BCUT2D eigenvalue weighted by Gasteiger charge is 2.15. The molecule has 0 atom stereocenters. The van der Waals surface area contributed by atoms with E-state index in [1.54, 1.807) is 12.4 Å². The Labute approximate surface area is 102 Å². The van der Waals surface area contributed by atoms with Gasteiger partial charge in [0.25, 0.3) is 0 Å². The first-order valence-corrected chi connectivity index (χ1v) is 6.14. The smallest absolute Gasteiger partial charge is 0.232 e. The number of aromatic nitrogens is 2. The lowest BCUT2D eigenvalue weighted by molar-refractivity contribution is 0.0235. The molecule has 94 valence electrons. The van der Waals surface area contributed by atoms with Gasteiger partial charge in [-0.05, 0) is 6.54 Å². The van der Waals surface area contributed by atoms with Crippen LogP contribution in [0.3, 0.4) is 0 Å². The number of hydrogen-bond acceptors (Lipinski definition) is 5. The van der Waals surface area contributed by atoms with Crippen LogP contribution in [0.4, 0.5) is 0 Å². The van der Waals surface area contributed by atoms with E-state index in [1.165, 1.54) is 0 Å². The highest BCUT2D eigenvalue weighted by atomic mass is 16.5. The summed E-state index contributed by atoms with van der Waals surface area (Å²) in [6.45, 7) is 5.30. The first-order chi connectivity index (χ1) is 8.38. The van der Waals surface area contributed by atoms with Crippen LogP contribution in [0.15, 0.2) is 12.4 Å². The highest BCUT2D eigenvalue weighted by Crippen LogP contribution is 2.14. The zero-order chi connectivity index (χ0) is 11.9. The topological polar surface area (TPSA) is 56.3 Å². The van der Waals surface area contributed by atoms with E-state index in [4.69, 9.17) is 9.47 Å². The van der Waals surface area contributed by atoms with Crippen molar-refractivity contribution < 1.29 is 9.47 Å². The summed E-state index contributed by atoms with van der Waals surface area (Å²) in [5.74, 6) is 0.608. The molecule has 0 amide bonds. The quantitative estimate of drug-likeness (QED) is 0.832. The van der Waals surface area contributed by atoms with Crippen LogP contribution in [0, 0.1) is 0 Å². The molecule has 5 heteroatoms. The van der Waals surface area contributed by atoms with Gasteiger partial charge in [-0.25, -0.2) is 4.98 Å². The van der Waals surface area contributed by atoms with E-state index in [9.17, 15) is 0 Å². The summed E-state index contributed by atoms with van der Waals surface area (Å²) in [5, 5.41) is 3.21. The van der Waals surface area contributed by atoms with Gasteiger partial charge in [0, 0.05) is 19.4 Å². The molecule has 0 aliphatic carbocycles. The second kappa shape index (κ2) is 6.51. The van der Waals surface area contributed by atoms with Gasteiger partial charge in [-0.15, -0.1) is 0 Å². The van der Waals surface area contributed by atoms with Crippen molar-refractivity contribution in [1.29, 1.82) is 0 Å². The van der Waals surface area contributed by atoms with Crippen molar-refractivity contribution in [3.63, 3.8) is 0 Å². The maximum Gasteiger partial charge on any atom is 0.232 e. The molecule has 0 unspecified atom stereocenters. The van der Waals surface area contributed by atoms with Crippen molar-refractivity contribution in [3.05, 3.63) is 18.1 Å². The highest BCUT2D eigenvalue weighted by molar-refractivity contribution is 5.07. The van der Waals surface area contributed by atoms with Gasteiger partial charge in [-0.1, -0.05) is 6.92 Å². The fourth-order valence-corrected chi connectivity index (χ4v) is 1.71. The first kappa shape index (κ1) is 12.3. The van der Waals surface area contributed by atoms with E-state index in [-0.39, 0.29) is 6.10 Å². The Morgan fingerprint density at radius 2 is 2.18 bits per heavy atom. The Kier molecular flexibility index (Phi) is 4.70. The van der Waals surface area contributed by atoms with Crippen LogP contribution in [-0.4, -0.2) is 35.8 Å². The molecule has 1 aliphatic heterocycles. The molecule has 0 bridgehead atoms. The van der Waals surface area contributed by atoms with Gasteiger partial charge in [0.05, 0.1) is 31.3 Å². The van der Waals surface area contributed by atoms with Gasteiger partial charge < -0.3 is 14.8 Å². The van der Waals surface area contributed by atoms with E-state index in [0.717, 1.165) is 44.8 Å². The van der Waals surface area contributed by atoms with Crippen molar-refractivity contribution in [2.75, 3.05) is 19.8 Å². The molecule has 1 aromatic heterocycles. The molecule has 0 saturated carbocycles. The molecule has 0 radical (unpaired) electrons. The van der Waals surface area contributed by atoms with Crippen molar-refractivity contribution in [2.45, 2.75) is 32.4 Å². The number of ether oxygens (including phenoxy) is 2. The summed E-state index contributed by atoms with van der Waals surface area (Å²) >= 11 is 0. The Morgan fingerprint density at radius 1 is 1.35 bits per heavy atom. The molecule has 1 fully saturated rings. The van der Waals surface area contributed by atoms with Gasteiger partial charge in [-0.3, -0.25) is 4.98 Å². The third kappa shape index (κ3) is 3.94. The maximum absolute atomic E-state index is 5.74. The van der Waals surface area contributed by atoms with E-state index in [1.807, 2.05) is 0 Å². The molecule has 2 heterocycles. The van der Waals surface area contributed by atoms with Crippen molar-refractivity contribution in [1.82, 2.24) is 15.3 Å². The summed E-state index contributed by atoms with van der Waals surface area (Å²) in [5.41, 5.74) is 0.936. The van der Waals surface area contributed by atoms with E-state index < -0.39 is 0 Å². The second-order valence-corrected chi connectivity index (χ2v) is 4.06. The van der Waals surface area contributed by atoms with Gasteiger partial charge in [0.1, 0.15) is 6.10 Å². The van der Waals surface area contributed by atoms with Crippen LogP contribution >= 0.6 is 0 Å². The molecule has 1 aromatic rings. The van der Waals surface area contributed by atoms with Crippen LogP contribution in [0.2, 0.25) is 0 Å². The molecule has 0 aromatic carbocycles. The van der Waals surface area contributed by atoms with Crippen LogP contribution < -0.4 is 10.1 Å². The number of nitrogens with one attached hydrogen (secondary N) is 1. The van der Waals surface area contributed by atoms with Gasteiger partial charge in [0.2, 0.25) is 5.88 Å². The van der Waals surface area contributed by atoms with E-state index in [2.05, 4.69) is 22.2 Å². The fraction of sp³-hybridized carbons (Fsp3) is 0.667. The lowest BCUT2D eigenvalue weighted by Crippen LogP contribution is -2.26. The minimum absolute atomic E-state index is 0.220. The standard InChI is InChI=1S/C12H19N3O2/c1-2-13-7-10-8-15-12(9-14-10)17-11-3-5-16-6-4-11/h8-9,11,13H,2-7H2,1H3. The zero-order valence-electron chi connectivity index (χ0n) is 10.2. The Balaban J connectivity index is 1.84. The number of nitrogens with zero attached hydrogens (tertiary/aromatic N) is 2. The molecule has 2 rings (SSSR count). The molecule has 0 spiro atoms. The molecular weight excluding hydrogens is 218 g/mol. The molecule has 5 nitrogen and oxygen atoms in total. The van der Waals surface area contributed by atoms with Crippen molar-refractivity contribution in [2.24, 2.45) is 0 Å². The predicted molar refractivity (Wildman–Crippen MR) is 63.9 cm³/mol. The summed E-state index contributed by atoms with van der Waals surface area (Å²) in [6, 6.07) is 0. The SMILES string of the molecule is CCNCc1cnc(OC2CCOCC2)cn1. The maximum atomic E-state index is 5.74. The lowest BCUT2D eigenvalue weighted by Gasteiger charge is -2.22. The molecule has 1 saturated heterocycles. The van der Waals surface area contributed by atoms with Crippen molar-refractivity contribution in [3.8, 4) is 5.88 Å². The third-order valence-electron chi connectivity index (χ3n) is 2.69. The molecule has 17 heavy (non-hydrogen) atoms. The van der Waals surface area contributed by atoms with Crippen LogP contribution in [0.1, 0.15) is 25.5 Å². The third-order valence-corrected chi connectivity index (χ3v) is 2.69.